The molecule has 0 aromatic heterocycles. The van der Waals surface area contributed by atoms with E-state index in [9.17, 15) is 21.6 Å². The highest BCUT2D eigenvalue weighted by Gasteiger charge is 2.27. The highest BCUT2D eigenvalue weighted by Crippen LogP contribution is 2.27. The molecule has 2 N–H and O–H groups in total. The maximum Gasteiger partial charge on any atom is 0.243 e. The first-order valence-corrected chi connectivity index (χ1v) is 13.6. The van der Waals surface area contributed by atoms with Crippen LogP contribution in [0.1, 0.15) is 25.3 Å². The number of hydrogen-bond acceptors (Lipinski definition) is 6. The molecule has 12 heteroatoms. The van der Waals surface area contributed by atoms with Gasteiger partial charge in [0, 0.05) is 19.6 Å². The number of nitrogens with zero attached hydrogens (tertiary/aromatic N) is 1. The van der Waals surface area contributed by atoms with Gasteiger partial charge in [-0.25, -0.2) is 16.8 Å². The second-order valence-electron chi connectivity index (χ2n) is 7.61. The van der Waals surface area contributed by atoms with E-state index in [0.29, 0.717) is 24.4 Å². The number of benzene rings is 2. The number of carbonyl (C=O) groups is 1. The maximum absolute atomic E-state index is 12.6. The Morgan fingerprint density at radius 1 is 1.06 bits per heavy atom. The first-order valence-electron chi connectivity index (χ1n) is 10.3. The van der Waals surface area contributed by atoms with Gasteiger partial charge in [-0.05, 0) is 55.7 Å². The van der Waals surface area contributed by atoms with Crippen molar-refractivity contribution in [2.45, 2.75) is 42.1 Å². The van der Waals surface area contributed by atoms with Crippen molar-refractivity contribution in [3.63, 3.8) is 0 Å². The summed E-state index contributed by atoms with van der Waals surface area (Å²) in [5.41, 5.74) is 0.681. The number of halogens is 1. The molecular weight excluding hydrogens is 490 g/mol. The molecule has 1 aliphatic rings. The predicted molar refractivity (Wildman–Crippen MR) is 124 cm³/mol. The van der Waals surface area contributed by atoms with Crippen LogP contribution < -0.4 is 14.8 Å². The number of carbonyl (C=O) groups excluding carboxylic acids is 1. The fraction of sp³-hybridized carbons (Fsp3) is 0.381. The van der Waals surface area contributed by atoms with Crippen LogP contribution in [0, 0.1) is 0 Å². The second kappa shape index (κ2) is 10.4. The lowest BCUT2D eigenvalue weighted by Crippen LogP contribution is -2.44. The smallest absolute Gasteiger partial charge is 0.243 e. The number of amides is 1. The molecule has 9 nitrogen and oxygen atoms in total. The van der Waals surface area contributed by atoms with E-state index in [1.165, 1.54) is 48.7 Å². The van der Waals surface area contributed by atoms with E-state index in [4.69, 9.17) is 16.3 Å². The lowest BCUT2D eigenvalue weighted by Gasteiger charge is -2.16. The molecule has 180 valence electrons. The van der Waals surface area contributed by atoms with Gasteiger partial charge in [-0.1, -0.05) is 23.7 Å². The van der Waals surface area contributed by atoms with Crippen LogP contribution in [-0.4, -0.2) is 53.3 Å². The third kappa shape index (κ3) is 6.04. The largest absolute Gasteiger partial charge is 0.495 e. The van der Waals surface area contributed by atoms with Crippen LogP contribution in [0.4, 0.5) is 0 Å². The van der Waals surface area contributed by atoms with E-state index < -0.39 is 32.0 Å². The Bertz CT molecular complexity index is 1210. The van der Waals surface area contributed by atoms with Gasteiger partial charge in [0.1, 0.15) is 5.75 Å². The van der Waals surface area contributed by atoms with Crippen molar-refractivity contribution in [3.8, 4) is 5.75 Å². The summed E-state index contributed by atoms with van der Waals surface area (Å²) in [5, 5.41) is 2.78. The van der Waals surface area contributed by atoms with Crippen LogP contribution in [0.3, 0.4) is 0 Å². The first-order chi connectivity index (χ1) is 15.5. The Balaban J connectivity index is 1.58. The predicted octanol–water partition coefficient (Wildman–Crippen LogP) is 2.12. The Kier molecular flexibility index (Phi) is 8.01. The Morgan fingerprint density at radius 2 is 1.67 bits per heavy atom. The van der Waals surface area contributed by atoms with Crippen molar-refractivity contribution < 1.29 is 26.4 Å². The number of ether oxygens (including phenoxy) is 1. The van der Waals surface area contributed by atoms with E-state index in [1.807, 2.05) is 0 Å². The third-order valence-corrected chi connectivity index (χ3v) is 9.00. The van der Waals surface area contributed by atoms with E-state index in [-0.39, 0.29) is 21.4 Å². The Labute approximate surface area is 199 Å². The van der Waals surface area contributed by atoms with Crippen molar-refractivity contribution in [2.75, 3.05) is 20.2 Å². The zero-order chi connectivity index (χ0) is 24.2. The standard InChI is InChI=1S/C21H26ClN3O6S2/c1-15(24-32(27,28)18-9-10-20(31-2)19(22)13-18)21(26)23-14-16-5-7-17(8-6-16)33(29,30)25-11-3-4-12-25/h5-10,13,15,24H,3-4,11-12,14H2,1-2H3,(H,23,26)/t15-/m1/s1. The first kappa shape index (κ1) is 25.4. The average molecular weight is 516 g/mol. The van der Waals surface area contributed by atoms with Crippen molar-refractivity contribution in [2.24, 2.45) is 0 Å². The summed E-state index contributed by atoms with van der Waals surface area (Å²) >= 11 is 5.99. The van der Waals surface area contributed by atoms with Crippen LogP contribution >= 0.6 is 11.6 Å². The van der Waals surface area contributed by atoms with Gasteiger partial charge in [0.15, 0.2) is 0 Å². The van der Waals surface area contributed by atoms with Gasteiger partial charge in [-0.15, -0.1) is 0 Å². The van der Waals surface area contributed by atoms with Crippen molar-refractivity contribution in [1.29, 1.82) is 0 Å². The fourth-order valence-corrected chi connectivity index (χ4v) is 6.44. The van der Waals surface area contributed by atoms with E-state index in [1.54, 1.807) is 12.1 Å². The molecule has 1 heterocycles. The molecule has 0 saturated carbocycles. The molecule has 0 radical (unpaired) electrons. The lowest BCUT2D eigenvalue weighted by atomic mass is 10.2. The highest BCUT2D eigenvalue weighted by atomic mass is 35.5. The zero-order valence-electron chi connectivity index (χ0n) is 18.2. The average Bonchev–Trinajstić information content (AvgIpc) is 3.33. The highest BCUT2D eigenvalue weighted by molar-refractivity contribution is 7.89. The number of nitrogens with one attached hydrogen (secondary N) is 2. The normalized spacial score (nSPS) is 15.8. The second-order valence-corrected chi connectivity index (χ2v) is 11.7. The summed E-state index contributed by atoms with van der Waals surface area (Å²) < 4.78 is 59.1. The molecule has 0 spiro atoms. The van der Waals surface area contributed by atoms with Gasteiger partial charge in [0.05, 0.1) is 28.0 Å². The van der Waals surface area contributed by atoms with Gasteiger partial charge in [0.2, 0.25) is 26.0 Å². The zero-order valence-corrected chi connectivity index (χ0v) is 20.6. The Morgan fingerprint density at radius 3 is 2.24 bits per heavy atom. The van der Waals surface area contributed by atoms with Crippen LogP contribution in [-0.2, 0) is 31.4 Å². The van der Waals surface area contributed by atoms with Crippen molar-refractivity contribution >= 4 is 37.6 Å². The molecule has 2 aromatic rings. The van der Waals surface area contributed by atoms with Gasteiger partial charge >= 0.3 is 0 Å². The van der Waals surface area contributed by atoms with E-state index >= 15 is 0 Å². The third-order valence-electron chi connectivity index (χ3n) is 5.25. The van der Waals surface area contributed by atoms with Gasteiger partial charge < -0.3 is 10.1 Å². The molecule has 3 rings (SSSR count). The SMILES string of the molecule is COc1ccc(S(=O)(=O)N[C@H](C)C(=O)NCc2ccc(S(=O)(=O)N3CCCC3)cc2)cc1Cl. The molecule has 0 unspecified atom stereocenters. The van der Waals surface area contributed by atoms with E-state index in [0.717, 1.165) is 12.8 Å². The molecule has 1 fully saturated rings. The van der Waals surface area contributed by atoms with Crippen LogP contribution in [0.5, 0.6) is 5.75 Å². The molecule has 0 aliphatic carbocycles. The lowest BCUT2D eigenvalue weighted by molar-refractivity contribution is -0.122. The molecule has 1 aliphatic heterocycles. The van der Waals surface area contributed by atoms with Crippen LogP contribution in [0.15, 0.2) is 52.3 Å². The molecule has 1 amide bonds. The number of rotatable bonds is 9. The summed E-state index contributed by atoms with van der Waals surface area (Å²) in [5.74, 6) is -0.201. The summed E-state index contributed by atoms with van der Waals surface area (Å²) in [6.45, 7) is 2.58. The van der Waals surface area contributed by atoms with Gasteiger partial charge in [0.25, 0.3) is 0 Å². The summed E-state index contributed by atoms with van der Waals surface area (Å²) in [6, 6.07) is 9.21. The number of sulfonamides is 2. The monoisotopic (exact) mass is 515 g/mol. The summed E-state index contributed by atoms with van der Waals surface area (Å²) in [6.07, 6.45) is 1.72. The van der Waals surface area contributed by atoms with Gasteiger partial charge in [-0.2, -0.15) is 9.03 Å². The minimum Gasteiger partial charge on any atom is -0.495 e. The minimum absolute atomic E-state index is 0.0947. The molecular formula is C21H26ClN3O6S2. The quantitative estimate of drug-likeness (QED) is 0.527. The van der Waals surface area contributed by atoms with E-state index in [2.05, 4.69) is 10.0 Å². The molecule has 33 heavy (non-hydrogen) atoms. The number of hydrogen-bond donors (Lipinski definition) is 2. The van der Waals surface area contributed by atoms with Gasteiger partial charge in [-0.3, -0.25) is 4.79 Å². The topological polar surface area (TPSA) is 122 Å². The fourth-order valence-electron chi connectivity index (χ4n) is 3.37. The summed E-state index contributed by atoms with van der Waals surface area (Å²) in [7, 11) is -6.07. The minimum atomic E-state index is -3.99. The Hall–Kier alpha value is -2.18. The summed E-state index contributed by atoms with van der Waals surface area (Å²) in [4.78, 5) is 12.5. The van der Waals surface area contributed by atoms with Crippen molar-refractivity contribution in [3.05, 3.63) is 53.1 Å². The van der Waals surface area contributed by atoms with Crippen molar-refractivity contribution in [1.82, 2.24) is 14.3 Å². The molecule has 2 aromatic carbocycles. The molecule has 1 atom stereocenters. The molecule has 1 saturated heterocycles. The molecule has 0 bridgehead atoms. The number of methoxy groups -OCH3 is 1. The maximum atomic E-state index is 12.6. The van der Waals surface area contributed by atoms with Crippen LogP contribution in [0.25, 0.3) is 0 Å². The van der Waals surface area contributed by atoms with Crippen LogP contribution in [0.2, 0.25) is 5.02 Å².